The van der Waals surface area contributed by atoms with Crippen LogP contribution in [0, 0.1) is 0 Å². The summed E-state index contributed by atoms with van der Waals surface area (Å²) in [6.07, 6.45) is 3.32. The first kappa shape index (κ1) is 22.9. The van der Waals surface area contributed by atoms with Gasteiger partial charge in [0.15, 0.2) is 17.3 Å². The van der Waals surface area contributed by atoms with Gasteiger partial charge in [0.05, 0.1) is 20.8 Å². The van der Waals surface area contributed by atoms with Gasteiger partial charge in [-0.2, -0.15) is 0 Å². The average molecular weight is 449 g/mol. The van der Waals surface area contributed by atoms with E-state index in [1.807, 2.05) is 53.4 Å². The van der Waals surface area contributed by atoms with Crippen molar-refractivity contribution in [1.29, 1.82) is 0 Å². The Labute approximate surface area is 195 Å². The lowest BCUT2D eigenvalue weighted by molar-refractivity contribution is 0.0687. The summed E-state index contributed by atoms with van der Waals surface area (Å²) in [5.74, 6) is 2.63. The predicted octanol–water partition coefficient (Wildman–Crippen LogP) is 5.13. The summed E-state index contributed by atoms with van der Waals surface area (Å²) >= 11 is 0. The Morgan fingerprint density at radius 2 is 1.58 bits per heavy atom. The lowest BCUT2D eigenvalue weighted by Gasteiger charge is -2.25. The average Bonchev–Trinajstić information content (AvgIpc) is 3.33. The fraction of sp³-hybridized carbons (Fsp3) is 0.370. The van der Waals surface area contributed by atoms with Crippen LogP contribution in [0.25, 0.3) is 0 Å². The fourth-order valence-corrected chi connectivity index (χ4v) is 4.30. The Bertz CT molecular complexity index is 1040. The van der Waals surface area contributed by atoms with Crippen molar-refractivity contribution in [3.8, 4) is 11.5 Å². The number of hydrogen-bond donors (Lipinski definition) is 0. The number of rotatable bonds is 9. The van der Waals surface area contributed by atoms with E-state index >= 15 is 0 Å². The zero-order valence-corrected chi connectivity index (χ0v) is 19.5. The molecule has 0 unspecified atom stereocenters. The zero-order chi connectivity index (χ0) is 23.0. The fourth-order valence-electron chi connectivity index (χ4n) is 4.30. The van der Waals surface area contributed by atoms with Gasteiger partial charge in [-0.3, -0.25) is 9.69 Å². The second kappa shape index (κ2) is 11.1. The van der Waals surface area contributed by atoms with Crippen molar-refractivity contribution in [2.75, 3.05) is 27.3 Å². The largest absolute Gasteiger partial charge is 0.493 e. The van der Waals surface area contributed by atoms with Crippen LogP contribution in [0.4, 0.5) is 0 Å². The van der Waals surface area contributed by atoms with Crippen molar-refractivity contribution in [3.05, 3.63) is 83.3 Å². The predicted molar refractivity (Wildman–Crippen MR) is 127 cm³/mol. The SMILES string of the molecule is COc1ccc(CN(Cc2ccccc2)Cc2ccc(C(=O)N3CCCCC3)o2)cc1OC. The van der Waals surface area contributed by atoms with E-state index in [1.165, 1.54) is 12.0 Å². The smallest absolute Gasteiger partial charge is 0.289 e. The minimum absolute atomic E-state index is 0.00421. The summed E-state index contributed by atoms with van der Waals surface area (Å²) < 4.78 is 16.9. The van der Waals surface area contributed by atoms with E-state index < -0.39 is 0 Å². The maximum absolute atomic E-state index is 12.8. The molecule has 0 atom stereocenters. The van der Waals surface area contributed by atoms with Gasteiger partial charge in [0.1, 0.15) is 5.76 Å². The van der Waals surface area contributed by atoms with Gasteiger partial charge in [-0.05, 0) is 54.7 Å². The highest BCUT2D eigenvalue weighted by Crippen LogP contribution is 2.28. The molecule has 1 fully saturated rings. The van der Waals surface area contributed by atoms with Gasteiger partial charge in [0.2, 0.25) is 0 Å². The van der Waals surface area contributed by atoms with Crippen molar-refractivity contribution in [1.82, 2.24) is 9.80 Å². The van der Waals surface area contributed by atoms with E-state index in [0.29, 0.717) is 30.3 Å². The van der Waals surface area contributed by atoms with Gasteiger partial charge in [0.25, 0.3) is 5.91 Å². The Hall–Kier alpha value is -3.25. The van der Waals surface area contributed by atoms with Crippen LogP contribution in [0.3, 0.4) is 0 Å². The number of amides is 1. The number of carbonyl (C=O) groups is 1. The highest BCUT2D eigenvalue weighted by atomic mass is 16.5. The molecule has 1 aliphatic heterocycles. The molecule has 0 aliphatic carbocycles. The Kier molecular flexibility index (Phi) is 7.68. The summed E-state index contributed by atoms with van der Waals surface area (Å²) in [6, 6.07) is 20.1. The number of hydrogen-bond acceptors (Lipinski definition) is 5. The van der Waals surface area contributed by atoms with Crippen molar-refractivity contribution in [2.45, 2.75) is 38.9 Å². The second-order valence-electron chi connectivity index (χ2n) is 8.44. The molecule has 6 heteroatoms. The first-order valence-electron chi connectivity index (χ1n) is 11.5. The first-order chi connectivity index (χ1) is 16.2. The molecular weight excluding hydrogens is 416 g/mol. The number of methoxy groups -OCH3 is 2. The molecule has 0 spiro atoms. The molecule has 0 saturated carbocycles. The Balaban J connectivity index is 1.50. The topological polar surface area (TPSA) is 55.2 Å². The molecule has 2 aromatic carbocycles. The third-order valence-corrected chi connectivity index (χ3v) is 6.00. The number of ether oxygens (including phenoxy) is 2. The van der Waals surface area contributed by atoms with Gasteiger partial charge >= 0.3 is 0 Å². The summed E-state index contributed by atoms with van der Waals surface area (Å²) in [5.41, 5.74) is 2.33. The van der Waals surface area contributed by atoms with Gasteiger partial charge in [-0.25, -0.2) is 0 Å². The van der Waals surface area contributed by atoms with Crippen molar-refractivity contribution < 1.29 is 18.7 Å². The second-order valence-corrected chi connectivity index (χ2v) is 8.44. The molecule has 0 bridgehead atoms. The highest BCUT2D eigenvalue weighted by Gasteiger charge is 2.22. The van der Waals surface area contributed by atoms with E-state index in [4.69, 9.17) is 13.9 Å². The summed E-state index contributed by atoms with van der Waals surface area (Å²) in [7, 11) is 3.28. The van der Waals surface area contributed by atoms with Crippen LogP contribution in [0.5, 0.6) is 11.5 Å². The quantitative estimate of drug-likeness (QED) is 0.454. The van der Waals surface area contributed by atoms with Crippen LogP contribution < -0.4 is 9.47 Å². The molecule has 1 amide bonds. The first-order valence-corrected chi connectivity index (χ1v) is 11.5. The molecule has 0 radical (unpaired) electrons. The number of furan rings is 1. The van der Waals surface area contributed by atoms with Crippen LogP contribution in [-0.4, -0.2) is 43.0 Å². The Morgan fingerprint density at radius 1 is 0.848 bits per heavy atom. The number of benzene rings is 2. The molecule has 33 heavy (non-hydrogen) atoms. The van der Waals surface area contributed by atoms with E-state index in [0.717, 1.165) is 43.8 Å². The van der Waals surface area contributed by atoms with E-state index in [1.54, 1.807) is 14.2 Å². The van der Waals surface area contributed by atoms with Crippen LogP contribution in [-0.2, 0) is 19.6 Å². The van der Waals surface area contributed by atoms with Crippen LogP contribution in [0.2, 0.25) is 0 Å². The number of piperidine rings is 1. The Morgan fingerprint density at radius 3 is 2.30 bits per heavy atom. The zero-order valence-electron chi connectivity index (χ0n) is 19.5. The molecule has 1 aromatic heterocycles. The van der Waals surface area contributed by atoms with Crippen molar-refractivity contribution in [2.24, 2.45) is 0 Å². The maximum Gasteiger partial charge on any atom is 0.289 e. The summed E-state index contributed by atoms with van der Waals surface area (Å²) in [6.45, 7) is 3.68. The van der Waals surface area contributed by atoms with Gasteiger partial charge < -0.3 is 18.8 Å². The standard InChI is InChI=1S/C27H32N2O4/c1-31-24-13-11-22(17-26(24)32-2)19-28(18-21-9-5-3-6-10-21)20-23-12-14-25(33-23)27(30)29-15-7-4-8-16-29/h3,5-6,9-14,17H,4,7-8,15-16,18-20H2,1-2H3. The van der Waals surface area contributed by atoms with Gasteiger partial charge in [-0.1, -0.05) is 36.4 Å². The summed E-state index contributed by atoms with van der Waals surface area (Å²) in [5, 5.41) is 0. The molecule has 6 nitrogen and oxygen atoms in total. The van der Waals surface area contributed by atoms with Crippen molar-refractivity contribution >= 4 is 5.91 Å². The van der Waals surface area contributed by atoms with Crippen LogP contribution >= 0.6 is 0 Å². The van der Waals surface area contributed by atoms with Crippen LogP contribution in [0.15, 0.2) is 65.1 Å². The maximum atomic E-state index is 12.8. The molecule has 4 rings (SSSR count). The normalized spacial score (nSPS) is 13.8. The van der Waals surface area contributed by atoms with E-state index in [2.05, 4.69) is 17.0 Å². The lowest BCUT2D eigenvalue weighted by atomic mass is 10.1. The molecule has 1 aliphatic rings. The van der Waals surface area contributed by atoms with Crippen molar-refractivity contribution in [3.63, 3.8) is 0 Å². The number of carbonyl (C=O) groups excluding carboxylic acids is 1. The van der Waals surface area contributed by atoms with Gasteiger partial charge in [0, 0.05) is 26.2 Å². The number of likely N-dealkylation sites (tertiary alicyclic amines) is 1. The molecule has 0 N–H and O–H groups in total. The van der Waals surface area contributed by atoms with E-state index in [9.17, 15) is 4.79 Å². The minimum atomic E-state index is -0.00421. The molecule has 2 heterocycles. The van der Waals surface area contributed by atoms with Crippen LogP contribution in [0.1, 0.15) is 46.7 Å². The van der Waals surface area contributed by atoms with E-state index in [-0.39, 0.29) is 5.91 Å². The minimum Gasteiger partial charge on any atom is -0.493 e. The van der Waals surface area contributed by atoms with Gasteiger partial charge in [-0.15, -0.1) is 0 Å². The highest BCUT2D eigenvalue weighted by molar-refractivity contribution is 5.91. The number of nitrogens with zero attached hydrogens (tertiary/aromatic N) is 2. The molecular formula is C27H32N2O4. The molecule has 3 aromatic rings. The summed E-state index contributed by atoms with van der Waals surface area (Å²) in [4.78, 5) is 17.0. The molecule has 1 saturated heterocycles. The lowest BCUT2D eigenvalue weighted by Crippen LogP contribution is -2.35. The monoisotopic (exact) mass is 448 g/mol. The third kappa shape index (κ3) is 5.96. The molecule has 174 valence electrons. The third-order valence-electron chi connectivity index (χ3n) is 6.00.